The summed E-state index contributed by atoms with van der Waals surface area (Å²) in [5.74, 6) is -0.462. The lowest BCUT2D eigenvalue weighted by Gasteiger charge is -2.25. The first-order valence-corrected chi connectivity index (χ1v) is 9.34. The third-order valence-electron chi connectivity index (χ3n) is 4.09. The van der Waals surface area contributed by atoms with Gasteiger partial charge in [-0.25, -0.2) is 9.78 Å². The Morgan fingerprint density at radius 3 is 2.52 bits per heavy atom. The molecule has 1 saturated heterocycles. The summed E-state index contributed by atoms with van der Waals surface area (Å²) >= 11 is 1.14. The normalized spacial score (nSPS) is 15.7. The molecule has 5 nitrogen and oxygen atoms in total. The molecule has 1 aliphatic heterocycles. The molecule has 2 heterocycles. The summed E-state index contributed by atoms with van der Waals surface area (Å²) in [7, 11) is 0. The standard InChI is InChI=1S/C18H19F3N2O3S/c1-2-26-17(24)15-14(11-23-7-9-25-10-8-23)22-16(27-15)12-3-5-13(6-4-12)18(19,20)21/h3-6H,2,7-11H2,1H3. The second kappa shape index (κ2) is 8.37. The van der Waals surface area contributed by atoms with Gasteiger partial charge in [-0.05, 0) is 19.1 Å². The minimum absolute atomic E-state index is 0.239. The fraction of sp³-hybridized carbons (Fsp3) is 0.444. The van der Waals surface area contributed by atoms with Gasteiger partial charge in [-0.15, -0.1) is 11.3 Å². The Hall–Kier alpha value is -1.97. The Morgan fingerprint density at radius 2 is 1.93 bits per heavy atom. The van der Waals surface area contributed by atoms with Crippen molar-refractivity contribution in [1.29, 1.82) is 0 Å². The van der Waals surface area contributed by atoms with Crippen LogP contribution in [0.4, 0.5) is 13.2 Å². The molecular formula is C18H19F3N2O3S. The monoisotopic (exact) mass is 400 g/mol. The van der Waals surface area contributed by atoms with Crippen LogP contribution in [0.25, 0.3) is 10.6 Å². The molecule has 0 spiro atoms. The van der Waals surface area contributed by atoms with E-state index in [0.29, 0.717) is 40.9 Å². The largest absolute Gasteiger partial charge is 0.462 e. The van der Waals surface area contributed by atoms with Gasteiger partial charge in [0.2, 0.25) is 0 Å². The number of benzene rings is 1. The quantitative estimate of drug-likeness (QED) is 0.714. The lowest BCUT2D eigenvalue weighted by Crippen LogP contribution is -2.36. The van der Waals surface area contributed by atoms with Gasteiger partial charge in [0, 0.05) is 25.2 Å². The Balaban J connectivity index is 1.89. The Morgan fingerprint density at radius 1 is 1.26 bits per heavy atom. The molecule has 2 aromatic rings. The Kier molecular flexibility index (Phi) is 6.13. The minimum atomic E-state index is -4.39. The van der Waals surface area contributed by atoms with Crippen molar-refractivity contribution in [2.24, 2.45) is 0 Å². The number of alkyl halides is 3. The van der Waals surface area contributed by atoms with E-state index >= 15 is 0 Å². The van der Waals surface area contributed by atoms with Gasteiger partial charge in [0.05, 0.1) is 31.1 Å². The SMILES string of the molecule is CCOC(=O)c1sc(-c2ccc(C(F)(F)F)cc2)nc1CN1CCOCC1. The van der Waals surface area contributed by atoms with E-state index in [1.165, 1.54) is 12.1 Å². The number of hydrogen-bond acceptors (Lipinski definition) is 6. The number of hydrogen-bond donors (Lipinski definition) is 0. The number of esters is 1. The van der Waals surface area contributed by atoms with Crippen LogP contribution >= 0.6 is 11.3 Å². The van der Waals surface area contributed by atoms with Crippen molar-refractivity contribution in [3.8, 4) is 10.6 Å². The van der Waals surface area contributed by atoms with Crippen LogP contribution in [0.5, 0.6) is 0 Å². The zero-order valence-corrected chi connectivity index (χ0v) is 15.5. The highest BCUT2D eigenvalue weighted by atomic mass is 32.1. The number of carbonyl (C=O) groups is 1. The summed E-state index contributed by atoms with van der Waals surface area (Å²) in [5.41, 5.74) is 0.393. The summed E-state index contributed by atoms with van der Waals surface area (Å²) < 4.78 is 48.7. The van der Waals surface area contributed by atoms with Crippen LogP contribution in [0.2, 0.25) is 0 Å². The molecule has 146 valence electrons. The van der Waals surface area contributed by atoms with Crippen LogP contribution in [0.15, 0.2) is 24.3 Å². The average Bonchev–Trinajstić information content (AvgIpc) is 3.06. The van der Waals surface area contributed by atoms with E-state index in [9.17, 15) is 18.0 Å². The van der Waals surface area contributed by atoms with Gasteiger partial charge >= 0.3 is 12.1 Å². The second-order valence-corrected chi connectivity index (χ2v) is 6.98. The van der Waals surface area contributed by atoms with E-state index in [4.69, 9.17) is 9.47 Å². The zero-order valence-electron chi connectivity index (χ0n) is 14.7. The lowest BCUT2D eigenvalue weighted by atomic mass is 10.1. The first kappa shape index (κ1) is 19.8. The number of ether oxygens (including phenoxy) is 2. The molecule has 1 fully saturated rings. The number of carbonyl (C=O) groups excluding carboxylic acids is 1. The van der Waals surface area contributed by atoms with Gasteiger partial charge in [0.25, 0.3) is 0 Å². The van der Waals surface area contributed by atoms with Crippen molar-refractivity contribution < 1.29 is 27.4 Å². The molecule has 1 aromatic carbocycles. The molecule has 0 N–H and O–H groups in total. The molecule has 1 aromatic heterocycles. The van der Waals surface area contributed by atoms with E-state index < -0.39 is 17.7 Å². The van der Waals surface area contributed by atoms with Crippen molar-refractivity contribution in [3.05, 3.63) is 40.4 Å². The maximum atomic E-state index is 12.8. The minimum Gasteiger partial charge on any atom is -0.462 e. The Labute approximate surface area is 158 Å². The first-order valence-electron chi connectivity index (χ1n) is 8.53. The summed E-state index contributed by atoms with van der Waals surface area (Å²) in [6.07, 6.45) is -4.39. The van der Waals surface area contributed by atoms with Gasteiger partial charge in [0.15, 0.2) is 0 Å². The van der Waals surface area contributed by atoms with Crippen molar-refractivity contribution >= 4 is 17.3 Å². The van der Waals surface area contributed by atoms with E-state index in [1.54, 1.807) is 6.92 Å². The summed E-state index contributed by atoms with van der Waals surface area (Å²) in [4.78, 5) is 19.3. The van der Waals surface area contributed by atoms with E-state index in [0.717, 1.165) is 36.6 Å². The molecular weight excluding hydrogens is 381 g/mol. The van der Waals surface area contributed by atoms with Crippen LogP contribution in [0.1, 0.15) is 27.9 Å². The number of halogens is 3. The molecule has 3 rings (SSSR count). The van der Waals surface area contributed by atoms with Crippen LogP contribution in [-0.4, -0.2) is 48.8 Å². The molecule has 27 heavy (non-hydrogen) atoms. The highest BCUT2D eigenvalue weighted by Crippen LogP contribution is 2.33. The van der Waals surface area contributed by atoms with Crippen molar-refractivity contribution in [1.82, 2.24) is 9.88 Å². The molecule has 0 radical (unpaired) electrons. The number of aromatic nitrogens is 1. The molecule has 0 aliphatic carbocycles. The first-order chi connectivity index (χ1) is 12.9. The number of morpholine rings is 1. The summed E-state index contributed by atoms with van der Waals surface area (Å²) in [5, 5.41) is 0.495. The molecule has 0 unspecified atom stereocenters. The fourth-order valence-electron chi connectivity index (χ4n) is 2.71. The summed E-state index contributed by atoms with van der Waals surface area (Å²) in [6, 6.07) is 4.77. The second-order valence-electron chi connectivity index (χ2n) is 5.98. The fourth-order valence-corrected chi connectivity index (χ4v) is 3.68. The number of nitrogens with zero attached hydrogens (tertiary/aromatic N) is 2. The molecule has 1 aliphatic rings. The van der Waals surface area contributed by atoms with Crippen LogP contribution < -0.4 is 0 Å². The predicted molar refractivity (Wildman–Crippen MR) is 94.6 cm³/mol. The lowest BCUT2D eigenvalue weighted by molar-refractivity contribution is -0.137. The number of thiazole rings is 1. The van der Waals surface area contributed by atoms with Crippen LogP contribution in [0, 0.1) is 0 Å². The zero-order chi connectivity index (χ0) is 19.4. The van der Waals surface area contributed by atoms with Gasteiger partial charge in [0.1, 0.15) is 9.88 Å². The van der Waals surface area contributed by atoms with Crippen LogP contribution in [0.3, 0.4) is 0 Å². The smallest absolute Gasteiger partial charge is 0.416 e. The van der Waals surface area contributed by atoms with Crippen molar-refractivity contribution in [2.45, 2.75) is 19.6 Å². The highest BCUT2D eigenvalue weighted by molar-refractivity contribution is 7.17. The third kappa shape index (κ3) is 4.85. The molecule has 9 heteroatoms. The van der Waals surface area contributed by atoms with E-state index in [1.807, 2.05) is 0 Å². The van der Waals surface area contributed by atoms with E-state index in [-0.39, 0.29) is 6.61 Å². The number of rotatable bonds is 5. The maximum Gasteiger partial charge on any atom is 0.416 e. The summed E-state index contributed by atoms with van der Waals surface area (Å²) in [6.45, 7) is 5.12. The maximum absolute atomic E-state index is 12.8. The predicted octanol–water partition coefficient (Wildman–Crippen LogP) is 3.84. The molecule has 0 saturated carbocycles. The molecule has 0 atom stereocenters. The van der Waals surface area contributed by atoms with E-state index in [2.05, 4.69) is 9.88 Å². The topological polar surface area (TPSA) is 51.7 Å². The van der Waals surface area contributed by atoms with Gasteiger partial charge < -0.3 is 9.47 Å². The highest BCUT2D eigenvalue weighted by Gasteiger charge is 2.30. The van der Waals surface area contributed by atoms with Gasteiger partial charge in [-0.3, -0.25) is 4.90 Å². The molecule has 0 bridgehead atoms. The third-order valence-corrected chi connectivity index (χ3v) is 5.22. The van der Waals surface area contributed by atoms with Crippen molar-refractivity contribution in [2.75, 3.05) is 32.9 Å². The van der Waals surface area contributed by atoms with Gasteiger partial charge in [-0.2, -0.15) is 13.2 Å². The van der Waals surface area contributed by atoms with Gasteiger partial charge in [-0.1, -0.05) is 12.1 Å². The average molecular weight is 400 g/mol. The molecule has 0 amide bonds. The van der Waals surface area contributed by atoms with Crippen molar-refractivity contribution in [3.63, 3.8) is 0 Å². The van der Waals surface area contributed by atoms with Crippen LogP contribution in [-0.2, 0) is 22.2 Å². The Bertz CT molecular complexity index is 784.